The first-order chi connectivity index (χ1) is 12.3. The van der Waals surface area contributed by atoms with E-state index in [1.54, 1.807) is 0 Å². The lowest BCUT2D eigenvalue weighted by molar-refractivity contribution is -0.270. The van der Waals surface area contributed by atoms with Gasteiger partial charge in [-0.3, -0.25) is 0 Å². The Bertz CT molecular complexity index is 548. The number of fused-ring (bicyclic) bond motifs is 1. The first-order valence-corrected chi connectivity index (χ1v) is 8.14. The second kappa shape index (κ2) is 7.14. The molecule has 1 aliphatic carbocycles. The van der Waals surface area contributed by atoms with Gasteiger partial charge >= 0.3 is 0 Å². The molecule has 1 saturated carbocycles. The predicted molar refractivity (Wildman–Crippen MR) is 81.8 cm³/mol. The molecule has 1 saturated heterocycles. The van der Waals surface area contributed by atoms with E-state index < -0.39 is 73.8 Å². The number of hydrogen-bond donors (Lipinski definition) is 8. The molecule has 12 nitrogen and oxygen atoms in total. The number of ether oxygens (including phenoxy) is 3. The lowest BCUT2D eigenvalue weighted by Crippen LogP contribution is -2.64. The summed E-state index contributed by atoms with van der Waals surface area (Å²) in [5, 5.41) is 72.0. The Balaban J connectivity index is 1.77. The smallest absolute Gasteiger partial charge is 0.285 e. The van der Waals surface area contributed by atoms with Crippen LogP contribution < -0.4 is 5.32 Å². The van der Waals surface area contributed by atoms with Crippen LogP contribution in [-0.4, -0.2) is 123 Å². The van der Waals surface area contributed by atoms with Crippen molar-refractivity contribution in [2.75, 3.05) is 20.3 Å². The van der Waals surface area contributed by atoms with Crippen LogP contribution in [0.3, 0.4) is 0 Å². The standard InChI is InChI=1S/C14H24N2O10/c1-24-12-7(20)6(19)5(4(2-17)25-12)15-13-16-10-9(26-13)8(21)11(22)14(10,23)3-18/h4-12,17-23H,2-3H2,1H3,(H,15,16)/t4-,5-,6+,7-,8-,9-,10+,11+,12+,14+/m1/s1. The van der Waals surface area contributed by atoms with Crippen LogP contribution in [0.1, 0.15) is 0 Å². The molecule has 0 amide bonds. The summed E-state index contributed by atoms with van der Waals surface area (Å²) >= 11 is 0. The topological polar surface area (TPSA) is 194 Å². The van der Waals surface area contributed by atoms with Crippen molar-refractivity contribution >= 4 is 6.02 Å². The number of amidine groups is 1. The number of nitrogens with one attached hydrogen (secondary N) is 1. The molecule has 0 aromatic heterocycles. The number of aliphatic imine (C=N–C) groups is 1. The average molecular weight is 380 g/mol. The minimum Gasteiger partial charge on any atom is -0.457 e. The minimum absolute atomic E-state index is 0.202. The molecule has 10 atom stereocenters. The number of nitrogens with zero attached hydrogens (tertiary/aromatic N) is 1. The van der Waals surface area contributed by atoms with Crippen molar-refractivity contribution in [3.05, 3.63) is 0 Å². The third-order valence-corrected chi connectivity index (χ3v) is 5.16. The fourth-order valence-corrected chi connectivity index (χ4v) is 3.59. The Labute approximate surface area is 148 Å². The number of aliphatic hydroxyl groups excluding tert-OH is 6. The zero-order chi connectivity index (χ0) is 19.2. The summed E-state index contributed by atoms with van der Waals surface area (Å²) < 4.78 is 15.6. The highest BCUT2D eigenvalue weighted by molar-refractivity contribution is 5.77. The fraction of sp³-hybridized carbons (Fsp3) is 0.929. The highest BCUT2D eigenvalue weighted by atomic mass is 16.7. The summed E-state index contributed by atoms with van der Waals surface area (Å²) in [4.78, 5) is 4.03. The van der Waals surface area contributed by atoms with Gasteiger partial charge in [-0.15, -0.1) is 0 Å². The summed E-state index contributed by atoms with van der Waals surface area (Å²) in [6, 6.07) is -2.39. The van der Waals surface area contributed by atoms with Gasteiger partial charge in [0.25, 0.3) is 6.02 Å². The second-order valence-electron chi connectivity index (χ2n) is 6.66. The van der Waals surface area contributed by atoms with Crippen LogP contribution in [0.5, 0.6) is 0 Å². The maximum absolute atomic E-state index is 10.3. The summed E-state index contributed by atoms with van der Waals surface area (Å²) in [6.45, 7) is -1.36. The van der Waals surface area contributed by atoms with E-state index in [2.05, 4.69) is 10.3 Å². The third kappa shape index (κ3) is 2.87. The van der Waals surface area contributed by atoms with E-state index in [-0.39, 0.29) is 6.02 Å². The van der Waals surface area contributed by atoms with Crippen LogP contribution in [0.25, 0.3) is 0 Å². The molecule has 0 aromatic rings. The van der Waals surface area contributed by atoms with E-state index in [9.17, 15) is 35.7 Å². The molecule has 2 fully saturated rings. The first kappa shape index (κ1) is 19.7. The van der Waals surface area contributed by atoms with Crippen molar-refractivity contribution in [3.8, 4) is 0 Å². The van der Waals surface area contributed by atoms with Gasteiger partial charge in [0.1, 0.15) is 42.2 Å². The molecule has 150 valence electrons. The Hall–Kier alpha value is -1.09. The molecule has 0 bridgehead atoms. The van der Waals surface area contributed by atoms with Crippen LogP contribution >= 0.6 is 0 Å². The van der Waals surface area contributed by atoms with Crippen LogP contribution in [0.15, 0.2) is 4.99 Å². The predicted octanol–water partition coefficient (Wildman–Crippen LogP) is -5.39. The molecule has 12 heteroatoms. The molecule has 0 spiro atoms. The lowest BCUT2D eigenvalue weighted by atomic mass is 9.96. The Morgan fingerprint density at radius 2 is 1.85 bits per heavy atom. The van der Waals surface area contributed by atoms with E-state index in [1.807, 2.05) is 0 Å². The monoisotopic (exact) mass is 380 g/mol. The summed E-state index contributed by atoms with van der Waals surface area (Å²) in [6.07, 6.45) is -9.19. The van der Waals surface area contributed by atoms with Gasteiger partial charge in [-0.1, -0.05) is 0 Å². The van der Waals surface area contributed by atoms with Crippen molar-refractivity contribution < 1.29 is 50.0 Å². The second-order valence-corrected chi connectivity index (χ2v) is 6.66. The van der Waals surface area contributed by atoms with Crippen LogP contribution in [0, 0.1) is 0 Å². The van der Waals surface area contributed by atoms with Crippen molar-refractivity contribution in [1.29, 1.82) is 0 Å². The molecule has 2 heterocycles. The summed E-state index contributed by atoms with van der Waals surface area (Å²) in [5.74, 6) is 0. The SMILES string of the molecule is CO[C@H]1O[C@H](CO)[C@@H](NC2=N[C@H]3[C@H](O2)[C@@H](O)[C@H](O)[C@]3(O)CO)[C@H](O)[C@H]1O. The van der Waals surface area contributed by atoms with Gasteiger partial charge < -0.3 is 55.3 Å². The first-order valence-electron chi connectivity index (χ1n) is 8.14. The van der Waals surface area contributed by atoms with Crippen molar-refractivity contribution in [1.82, 2.24) is 5.32 Å². The van der Waals surface area contributed by atoms with E-state index >= 15 is 0 Å². The molecule has 26 heavy (non-hydrogen) atoms. The molecule has 0 radical (unpaired) electrons. The molecular formula is C14H24N2O10. The average Bonchev–Trinajstić information content (AvgIpc) is 3.14. The molecule has 0 unspecified atom stereocenters. The van der Waals surface area contributed by atoms with E-state index in [4.69, 9.17) is 14.2 Å². The fourth-order valence-electron chi connectivity index (χ4n) is 3.59. The van der Waals surface area contributed by atoms with Crippen LogP contribution in [0.2, 0.25) is 0 Å². The number of aliphatic hydroxyl groups is 7. The van der Waals surface area contributed by atoms with Gasteiger partial charge in [-0.05, 0) is 0 Å². The molecular weight excluding hydrogens is 356 g/mol. The summed E-state index contributed by atoms with van der Waals surface area (Å²) in [7, 11) is 1.27. The van der Waals surface area contributed by atoms with Crippen molar-refractivity contribution in [3.63, 3.8) is 0 Å². The van der Waals surface area contributed by atoms with Gasteiger partial charge in [0, 0.05) is 7.11 Å². The van der Waals surface area contributed by atoms with E-state index in [1.165, 1.54) is 7.11 Å². The highest BCUT2D eigenvalue weighted by Crippen LogP contribution is 2.38. The van der Waals surface area contributed by atoms with Crippen molar-refractivity contribution in [2.45, 2.75) is 60.6 Å². The van der Waals surface area contributed by atoms with Gasteiger partial charge in [-0.25, -0.2) is 4.99 Å². The van der Waals surface area contributed by atoms with E-state index in [0.717, 1.165) is 0 Å². The van der Waals surface area contributed by atoms with Crippen LogP contribution in [0.4, 0.5) is 0 Å². The quantitative estimate of drug-likeness (QED) is 0.232. The summed E-state index contributed by atoms with van der Waals surface area (Å²) in [5.41, 5.74) is -2.09. The molecule has 3 aliphatic rings. The van der Waals surface area contributed by atoms with Crippen molar-refractivity contribution in [2.24, 2.45) is 4.99 Å². The van der Waals surface area contributed by atoms with Gasteiger partial charge in [0.15, 0.2) is 12.4 Å². The number of hydrogen-bond acceptors (Lipinski definition) is 12. The maximum atomic E-state index is 10.3. The van der Waals surface area contributed by atoms with E-state index in [0.29, 0.717) is 0 Å². The number of methoxy groups -OCH3 is 1. The van der Waals surface area contributed by atoms with Gasteiger partial charge in [-0.2, -0.15) is 0 Å². The molecule has 8 N–H and O–H groups in total. The zero-order valence-corrected chi connectivity index (χ0v) is 13.9. The zero-order valence-electron chi connectivity index (χ0n) is 13.9. The third-order valence-electron chi connectivity index (χ3n) is 5.16. The number of rotatable bonds is 4. The highest BCUT2D eigenvalue weighted by Gasteiger charge is 2.63. The van der Waals surface area contributed by atoms with Gasteiger partial charge in [0.05, 0.1) is 19.3 Å². The maximum Gasteiger partial charge on any atom is 0.285 e. The largest absolute Gasteiger partial charge is 0.457 e. The molecule has 2 aliphatic heterocycles. The Morgan fingerprint density at radius 1 is 1.15 bits per heavy atom. The normalized spacial score (nSPS) is 50.9. The molecule has 0 aromatic carbocycles. The Morgan fingerprint density at radius 3 is 2.42 bits per heavy atom. The minimum atomic E-state index is -2.09. The molecule has 3 rings (SSSR count). The lowest BCUT2D eigenvalue weighted by Gasteiger charge is -2.41. The van der Waals surface area contributed by atoms with Crippen LogP contribution in [-0.2, 0) is 14.2 Å². The van der Waals surface area contributed by atoms with Gasteiger partial charge in [0.2, 0.25) is 0 Å². The Kier molecular flexibility index (Phi) is 5.40.